The lowest BCUT2D eigenvalue weighted by Crippen LogP contribution is -2.33. The van der Waals surface area contributed by atoms with Gasteiger partial charge in [-0.05, 0) is 23.6 Å². The predicted molar refractivity (Wildman–Crippen MR) is 70.1 cm³/mol. The van der Waals surface area contributed by atoms with Crippen LogP contribution >= 0.6 is 11.6 Å². The van der Waals surface area contributed by atoms with Crippen LogP contribution in [-0.4, -0.2) is 17.8 Å². The van der Waals surface area contributed by atoms with Gasteiger partial charge in [0, 0.05) is 11.6 Å². The molecule has 0 amide bonds. The van der Waals surface area contributed by atoms with Gasteiger partial charge in [0.15, 0.2) is 0 Å². The summed E-state index contributed by atoms with van der Waals surface area (Å²) in [4.78, 5) is 0. The monoisotopic (exact) mass is 252 g/mol. The molecule has 92 valence electrons. The summed E-state index contributed by atoms with van der Waals surface area (Å²) in [6.07, 6.45) is -0.482. The third kappa shape index (κ3) is 3.92. The lowest BCUT2D eigenvalue weighted by Gasteiger charge is -2.26. The third-order valence-corrected chi connectivity index (χ3v) is 2.82. The first-order valence-corrected chi connectivity index (χ1v) is 5.84. The molecule has 0 heterocycles. The van der Waals surface area contributed by atoms with Crippen LogP contribution in [-0.2, 0) is 0 Å². The van der Waals surface area contributed by atoms with E-state index in [0.29, 0.717) is 22.8 Å². The fourth-order valence-corrected chi connectivity index (χ4v) is 1.45. The van der Waals surface area contributed by atoms with Crippen molar-refractivity contribution in [1.29, 1.82) is 5.26 Å². The quantitative estimate of drug-likeness (QED) is 0.869. The molecule has 0 aliphatic heterocycles. The Morgan fingerprint density at radius 1 is 1.47 bits per heavy atom. The highest BCUT2D eigenvalue weighted by atomic mass is 35.5. The van der Waals surface area contributed by atoms with Crippen LogP contribution < -0.4 is 5.32 Å². The number of anilines is 1. The molecule has 0 spiro atoms. The molecule has 0 bridgehead atoms. The zero-order chi connectivity index (χ0) is 13.1. The van der Waals surface area contributed by atoms with Crippen LogP contribution in [0.2, 0.25) is 5.02 Å². The minimum atomic E-state index is -0.482. The highest BCUT2D eigenvalue weighted by molar-refractivity contribution is 6.30. The highest BCUT2D eigenvalue weighted by Gasteiger charge is 2.21. The molecule has 1 atom stereocenters. The van der Waals surface area contributed by atoms with Crippen LogP contribution in [0.5, 0.6) is 0 Å². The van der Waals surface area contributed by atoms with Crippen LogP contribution in [0.4, 0.5) is 5.69 Å². The largest absolute Gasteiger partial charge is 0.391 e. The van der Waals surface area contributed by atoms with Gasteiger partial charge in [0.2, 0.25) is 0 Å². The molecule has 0 saturated heterocycles. The van der Waals surface area contributed by atoms with E-state index in [-0.39, 0.29) is 5.41 Å². The Kier molecular flexibility index (Phi) is 4.39. The molecule has 0 aliphatic carbocycles. The fourth-order valence-electron chi connectivity index (χ4n) is 1.28. The van der Waals surface area contributed by atoms with E-state index in [1.54, 1.807) is 18.2 Å². The molecular weight excluding hydrogens is 236 g/mol. The minimum Gasteiger partial charge on any atom is -0.391 e. The number of nitrogens with zero attached hydrogens (tertiary/aromatic N) is 1. The molecule has 0 saturated carbocycles. The Bertz CT molecular complexity index is 432. The first-order valence-electron chi connectivity index (χ1n) is 5.46. The van der Waals surface area contributed by atoms with Gasteiger partial charge in [0.25, 0.3) is 0 Å². The van der Waals surface area contributed by atoms with Crippen molar-refractivity contribution < 1.29 is 5.11 Å². The van der Waals surface area contributed by atoms with Crippen molar-refractivity contribution in [3.05, 3.63) is 28.8 Å². The Morgan fingerprint density at radius 2 is 2.12 bits per heavy atom. The predicted octanol–water partition coefficient (Wildman–Crippen LogP) is 3.03. The highest BCUT2D eigenvalue weighted by Crippen LogP contribution is 2.22. The molecular formula is C13H17ClN2O. The van der Waals surface area contributed by atoms with Crippen LogP contribution in [0.3, 0.4) is 0 Å². The van der Waals surface area contributed by atoms with Gasteiger partial charge >= 0.3 is 0 Å². The van der Waals surface area contributed by atoms with E-state index < -0.39 is 6.10 Å². The summed E-state index contributed by atoms with van der Waals surface area (Å²) in [5.74, 6) is 0. The second-order valence-corrected chi connectivity index (χ2v) is 5.50. The van der Waals surface area contributed by atoms with Crippen molar-refractivity contribution in [2.45, 2.75) is 26.9 Å². The van der Waals surface area contributed by atoms with Crippen molar-refractivity contribution >= 4 is 17.3 Å². The van der Waals surface area contributed by atoms with Crippen molar-refractivity contribution in [3.63, 3.8) is 0 Å². The molecule has 1 aromatic rings. The first-order chi connectivity index (χ1) is 7.84. The molecule has 1 aromatic carbocycles. The molecule has 0 radical (unpaired) electrons. The fraction of sp³-hybridized carbons (Fsp3) is 0.462. The number of rotatable bonds is 3. The number of halogens is 1. The summed E-state index contributed by atoms with van der Waals surface area (Å²) in [5.41, 5.74) is 0.991. The van der Waals surface area contributed by atoms with Crippen LogP contribution in [0.15, 0.2) is 18.2 Å². The van der Waals surface area contributed by atoms with Crippen LogP contribution in [0.1, 0.15) is 26.3 Å². The van der Waals surface area contributed by atoms with E-state index in [2.05, 4.69) is 11.4 Å². The second-order valence-electron chi connectivity index (χ2n) is 5.06. The Balaban J connectivity index is 2.74. The standard InChI is InChI=1S/C13H17ClN2O/c1-13(2,3)12(17)8-16-11-5-4-10(14)6-9(11)7-15/h4-6,12,16-17H,8H2,1-3H3/t12-/m0/s1. The van der Waals surface area contributed by atoms with Crippen molar-refractivity contribution in [3.8, 4) is 6.07 Å². The average Bonchev–Trinajstić information content (AvgIpc) is 2.25. The van der Waals surface area contributed by atoms with E-state index in [1.165, 1.54) is 0 Å². The summed E-state index contributed by atoms with van der Waals surface area (Å²) in [7, 11) is 0. The third-order valence-electron chi connectivity index (χ3n) is 2.59. The number of aliphatic hydroxyl groups excluding tert-OH is 1. The van der Waals surface area contributed by atoms with Gasteiger partial charge in [-0.15, -0.1) is 0 Å². The van der Waals surface area contributed by atoms with Gasteiger partial charge in [-0.25, -0.2) is 0 Å². The van der Waals surface area contributed by atoms with Gasteiger partial charge in [-0.1, -0.05) is 32.4 Å². The molecule has 0 aliphatic rings. The summed E-state index contributed by atoms with van der Waals surface area (Å²) in [6.45, 7) is 6.30. The minimum absolute atomic E-state index is 0.188. The molecule has 3 nitrogen and oxygen atoms in total. The maximum absolute atomic E-state index is 9.89. The van der Waals surface area contributed by atoms with Crippen molar-refractivity contribution in [2.24, 2.45) is 5.41 Å². The number of nitrogens with one attached hydrogen (secondary N) is 1. The topological polar surface area (TPSA) is 56.0 Å². The van der Waals surface area contributed by atoms with E-state index in [1.807, 2.05) is 20.8 Å². The number of aliphatic hydroxyl groups is 1. The van der Waals surface area contributed by atoms with Gasteiger partial charge in [-0.3, -0.25) is 0 Å². The SMILES string of the molecule is CC(C)(C)[C@@H](O)CNc1ccc(Cl)cc1C#N. The smallest absolute Gasteiger partial charge is 0.101 e. The van der Waals surface area contributed by atoms with Gasteiger partial charge < -0.3 is 10.4 Å². The second kappa shape index (κ2) is 5.39. The summed E-state index contributed by atoms with van der Waals surface area (Å²) < 4.78 is 0. The maximum atomic E-state index is 9.89. The first kappa shape index (κ1) is 13.8. The summed E-state index contributed by atoms with van der Waals surface area (Å²) in [6, 6.07) is 7.14. The number of hydrogen-bond acceptors (Lipinski definition) is 3. The van der Waals surface area contributed by atoms with E-state index in [0.717, 1.165) is 0 Å². The Labute approximate surface area is 107 Å². The van der Waals surface area contributed by atoms with E-state index >= 15 is 0 Å². The Hall–Kier alpha value is -1.24. The zero-order valence-electron chi connectivity index (χ0n) is 10.3. The maximum Gasteiger partial charge on any atom is 0.101 e. The van der Waals surface area contributed by atoms with E-state index in [9.17, 15) is 5.11 Å². The summed E-state index contributed by atoms with van der Waals surface area (Å²) in [5, 5.41) is 22.4. The van der Waals surface area contributed by atoms with Crippen molar-refractivity contribution in [2.75, 3.05) is 11.9 Å². The number of benzene rings is 1. The van der Waals surface area contributed by atoms with Gasteiger partial charge in [-0.2, -0.15) is 5.26 Å². The number of hydrogen-bond donors (Lipinski definition) is 2. The van der Waals surface area contributed by atoms with Gasteiger partial charge in [0.1, 0.15) is 6.07 Å². The van der Waals surface area contributed by atoms with Crippen LogP contribution in [0, 0.1) is 16.7 Å². The normalized spacial score (nSPS) is 12.9. The molecule has 1 rings (SSSR count). The zero-order valence-corrected chi connectivity index (χ0v) is 11.0. The van der Waals surface area contributed by atoms with E-state index in [4.69, 9.17) is 16.9 Å². The lowest BCUT2D eigenvalue weighted by atomic mass is 9.89. The summed E-state index contributed by atoms with van der Waals surface area (Å²) >= 11 is 5.80. The molecule has 4 heteroatoms. The van der Waals surface area contributed by atoms with Crippen LogP contribution in [0.25, 0.3) is 0 Å². The molecule has 2 N–H and O–H groups in total. The lowest BCUT2D eigenvalue weighted by molar-refractivity contribution is 0.0746. The molecule has 0 unspecified atom stereocenters. The Morgan fingerprint density at radius 3 is 2.65 bits per heavy atom. The average molecular weight is 253 g/mol. The molecule has 17 heavy (non-hydrogen) atoms. The molecule has 0 aromatic heterocycles. The number of nitriles is 1. The molecule has 0 fully saturated rings. The van der Waals surface area contributed by atoms with Crippen molar-refractivity contribution in [1.82, 2.24) is 0 Å². The van der Waals surface area contributed by atoms with Gasteiger partial charge in [0.05, 0.1) is 17.4 Å².